The highest BCUT2D eigenvalue weighted by atomic mass is 19.1. The monoisotopic (exact) mass is 349 g/mol. The molecule has 3 rings (SSSR count). The van der Waals surface area contributed by atoms with E-state index in [-0.39, 0.29) is 35.6 Å². The molecule has 2 aliphatic rings. The van der Waals surface area contributed by atoms with Crippen molar-refractivity contribution in [3.05, 3.63) is 35.6 Å². The first-order chi connectivity index (χ1) is 12.1. The molecular formula is C18H24FN3O3. The maximum atomic E-state index is 13.8. The molecule has 0 saturated carbocycles. The number of likely N-dealkylation sites (tertiary alicyclic amines) is 1. The number of hydrogen-bond acceptors (Lipinski definition) is 4. The molecule has 2 atom stereocenters. The van der Waals surface area contributed by atoms with E-state index in [9.17, 15) is 14.0 Å². The number of nitrogens with one attached hydrogen (secondary N) is 2. The fourth-order valence-electron chi connectivity index (χ4n) is 3.35. The molecule has 0 spiro atoms. The van der Waals surface area contributed by atoms with Crippen LogP contribution in [0.2, 0.25) is 0 Å². The third-order valence-corrected chi connectivity index (χ3v) is 4.83. The minimum Gasteiger partial charge on any atom is -0.375 e. The number of nitrogens with zero attached hydrogens (tertiary/aromatic N) is 1. The van der Waals surface area contributed by atoms with Crippen molar-refractivity contribution < 1.29 is 18.7 Å². The molecule has 2 heterocycles. The highest BCUT2D eigenvalue weighted by Crippen LogP contribution is 2.16. The zero-order chi connectivity index (χ0) is 17.8. The predicted octanol–water partition coefficient (Wildman–Crippen LogP) is 0.923. The molecule has 0 unspecified atom stereocenters. The summed E-state index contributed by atoms with van der Waals surface area (Å²) >= 11 is 0. The SMILES string of the molecule is C[C@H]1OCCN[C@@H]1C(=O)NC1CCN(C(=O)c2ccccc2F)CC1. The number of carbonyl (C=O) groups excluding carboxylic acids is 2. The van der Waals surface area contributed by atoms with Gasteiger partial charge in [0, 0.05) is 25.7 Å². The Kier molecular flexibility index (Phi) is 5.65. The smallest absolute Gasteiger partial charge is 0.256 e. The van der Waals surface area contributed by atoms with E-state index < -0.39 is 5.82 Å². The Morgan fingerprint density at radius 2 is 2.00 bits per heavy atom. The Bertz CT molecular complexity index is 632. The number of amides is 2. The Hall–Kier alpha value is -1.99. The maximum Gasteiger partial charge on any atom is 0.256 e. The molecule has 2 aliphatic heterocycles. The number of hydrogen-bond donors (Lipinski definition) is 2. The number of halogens is 1. The van der Waals surface area contributed by atoms with Gasteiger partial charge in [-0.1, -0.05) is 12.1 Å². The number of piperidine rings is 1. The van der Waals surface area contributed by atoms with Gasteiger partial charge in [0.25, 0.3) is 5.91 Å². The molecule has 2 N–H and O–H groups in total. The largest absolute Gasteiger partial charge is 0.375 e. The van der Waals surface area contributed by atoms with Crippen molar-refractivity contribution in [3.63, 3.8) is 0 Å². The summed E-state index contributed by atoms with van der Waals surface area (Å²) in [7, 11) is 0. The van der Waals surface area contributed by atoms with Gasteiger partial charge in [-0.15, -0.1) is 0 Å². The van der Waals surface area contributed by atoms with Crippen LogP contribution in [-0.2, 0) is 9.53 Å². The van der Waals surface area contributed by atoms with Crippen molar-refractivity contribution in [2.24, 2.45) is 0 Å². The van der Waals surface area contributed by atoms with Crippen molar-refractivity contribution in [2.45, 2.75) is 38.0 Å². The second-order valence-electron chi connectivity index (χ2n) is 6.56. The number of morpholine rings is 1. The van der Waals surface area contributed by atoms with Crippen LogP contribution in [0.25, 0.3) is 0 Å². The summed E-state index contributed by atoms with van der Waals surface area (Å²) in [5.41, 5.74) is 0.0994. The minimum absolute atomic E-state index is 0.0214. The van der Waals surface area contributed by atoms with Crippen molar-refractivity contribution in [2.75, 3.05) is 26.2 Å². The fraction of sp³-hybridized carbons (Fsp3) is 0.556. The summed E-state index contributed by atoms with van der Waals surface area (Å²) in [5.74, 6) is -0.856. The first kappa shape index (κ1) is 17.8. The van der Waals surface area contributed by atoms with Crippen molar-refractivity contribution in [1.82, 2.24) is 15.5 Å². The van der Waals surface area contributed by atoms with E-state index in [2.05, 4.69) is 10.6 Å². The van der Waals surface area contributed by atoms with Crippen LogP contribution in [0, 0.1) is 5.82 Å². The van der Waals surface area contributed by atoms with Crippen LogP contribution in [0.5, 0.6) is 0 Å². The molecule has 0 aliphatic carbocycles. The first-order valence-electron chi connectivity index (χ1n) is 8.75. The number of rotatable bonds is 3. The Labute approximate surface area is 146 Å². The molecule has 0 radical (unpaired) electrons. The Morgan fingerprint density at radius 3 is 2.68 bits per heavy atom. The van der Waals surface area contributed by atoms with E-state index in [1.165, 1.54) is 12.1 Å². The summed E-state index contributed by atoms with van der Waals surface area (Å²) in [6, 6.07) is 5.70. The van der Waals surface area contributed by atoms with E-state index in [1.54, 1.807) is 17.0 Å². The van der Waals surface area contributed by atoms with Crippen LogP contribution in [0.1, 0.15) is 30.1 Å². The highest BCUT2D eigenvalue weighted by molar-refractivity contribution is 5.94. The van der Waals surface area contributed by atoms with Gasteiger partial charge in [-0.2, -0.15) is 0 Å². The lowest BCUT2D eigenvalue weighted by Crippen LogP contribution is -2.58. The molecule has 136 valence electrons. The van der Waals surface area contributed by atoms with Gasteiger partial charge in [-0.25, -0.2) is 4.39 Å². The van der Waals surface area contributed by atoms with E-state index in [1.807, 2.05) is 6.92 Å². The normalized spacial score (nSPS) is 24.8. The average Bonchev–Trinajstić information content (AvgIpc) is 2.62. The van der Waals surface area contributed by atoms with Gasteiger partial charge in [0.15, 0.2) is 0 Å². The third kappa shape index (κ3) is 4.16. The first-order valence-corrected chi connectivity index (χ1v) is 8.75. The van der Waals surface area contributed by atoms with Crippen molar-refractivity contribution in [1.29, 1.82) is 0 Å². The van der Waals surface area contributed by atoms with Gasteiger partial charge in [0.1, 0.15) is 11.9 Å². The molecule has 25 heavy (non-hydrogen) atoms. The molecule has 2 amide bonds. The molecular weight excluding hydrogens is 325 g/mol. The number of carbonyl (C=O) groups is 2. The lowest BCUT2D eigenvalue weighted by molar-refractivity contribution is -0.129. The standard InChI is InChI=1S/C18H24FN3O3/c1-12-16(20-8-11-25-12)17(23)21-13-6-9-22(10-7-13)18(24)14-4-2-3-5-15(14)19/h2-5,12-13,16,20H,6-11H2,1H3,(H,21,23)/t12-,16+/m1/s1. The lowest BCUT2D eigenvalue weighted by Gasteiger charge is -2.35. The maximum absolute atomic E-state index is 13.8. The molecule has 0 bridgehead atoms. The Balaban J connectivity index is 1.51. The molecule has 2 fully saturated rings. The molecule has 7 heteroatoms. The third-order valence-electron chi connectivity index (χ3n) is 4.83. The van der Waals surface area contributed by atoms with E-state index >= 15 is 0 Å². The number of ether oxygens (including phenoxy) is 1. The van der Waals surface area contributed by atoms with Gasteiger partial charge >= 0.3 is 0 Å². The van der Waals surface area contributed by atoms with Crippen LogP contribution >= 0.6 is 0 Å². The number of benzene rings is 1. The highest BCUT2D eigenvalue weighted by Gasteiger charge is 2.31. The van der Waals surface area contributed by atoms with Gasteiger partial charge < -0.3 is 20.3 Å². The van der Waals surface area contributed by atoms with Gasteiger partial charge in [0.2, 0.25) is 5.91 Å². The van der Waals surface area contributed by atoms with Crippen LogP contribution in [0.3, 0.4) is 0 Å². The molecule has 2 saturated heterocycles. The van der Waals surface area contributed by atoms with Crippen molar-refractivity contribution in [3.8, 4) is 0 Å². The zero-order valence-electron chi connectivity index (χ0n) is 14.3. The van der Waals surface area contributed by atoms with Gasteiger partial charge in [-0.05, 0) is 31.9 Å². The quantitative estimate of drug-likeness (QED) is 0.852. The molecule has 1 aromatic rings. The predicted molar refractivity (Wildman–Crippen MR) is 90.7 cm³/mol. The Morgan fingerprint density at radius 1 is 1.28 bits per heavy atom. The topological polar surface area (TPSA) is 70.7 Å². The van der Waals surface area contributed by atoms with Gasteiger partial charge in [-0.3, -0.25) is 9.59 Å². The molecule has 0 aromatic heterocycles. The van der Waals surface area contributed by atoms with Crippen LogP contribution in [0.15, 0.2) is 24.3 Å². The molecule has 1 aromatic carbocycles. The van der Waals surface area contributed by atoms with Crippen LogP contribution in [0.4, 0.5) is 4.39 Å². The van der Waals surface area contributed by atoms with Crippen LogP contribution in [-0.4, -0.2) is 61.1 Å². The summed E-state index contributed by atoms with van der Waals surface area (Å²) in [5, 5.41) is 6.21. The molecule has 6 nitrogen and oxygen atoms in total. The summed E-state index contributed by atoms with van der Waals surface area (Å²) in [4.78, 5) is 26.4. The van der Waals surface area contributed by atoms with Crippen molar-refractivity contribution >= 4 is 11.8 Å². The second-order valence-corrected chi connectivity index (χ2v) is 6.56. The zero-order valence-corrected chi connectivity index (χ0v) is 14.3. The van der Waals surface area contributed by atoms with Gasteiger partial charge in [0.05, 0.1) is 18.3 Å². The van der Waals surface area contributed by atoms with Crippen LogP contribution < -0.4 is 10.6 Å². The fourth-order valence-corrected chi connectivity index (χ4v) is 3.35. The second kappa shape index (κ2) is 7.93. The van der Waals surface area contributed by atoms with E-state index in [0.29, 0.717) is 39.1 Å². The summed E-state index contributed by atoms with van der Waals surface area (Å²) in [6.45, 7) is 4.16. The average molecular weight is 349 g/mol. The lowest BCUT2D eigenvalue weighted by atomic mass is 10.0. The van der Waals surface area contributed by atoms with E-state index in [4.69, 9.17) is 4.74 Å². The summed E-state index contributed by atoms with van der Waals surface area (Å²) in [6.07, 6.45) is 1.17. The minimum atomic E-state index is -0.500. The summed E-state index contributed by atoms with van der Waals surface area (Å²) < 4.78 is 19.3. The van der Waals surface area contributed by atoms with E-state index in [0.717, 1.165) is 0 Å².